The summed E-state index contributed by atoms with van der Waals surface area (Å²) in [6.45, 7) is 5.61. The van der Waals surface area contributed by atoms with Crippen molar-refractivity contribution in [1.29, 1.82) is 5.26 Å². The maximum Gasteiger partial charge on any atom is 0.251 e. The summed E-state index contributed by atoms with van der Waals surface area (Å²) in [7, 11) is 0. The lowest BCUT2D eigenvalue weighted by molar-refractivity contribution is -0.153. The first-order valence-corrected chi connectivity index (χ1v) is 7.45. The molecule has 5 heteroatoms. The molecule has 2 fully saturated rings. The van der Waals surface area contributed by atoms with Crippen molar-refractivity contribution in [1.82, 2.24) is 4.90 Å². The quantitative estimate of drug-likeness (QED) is 0.732. The van der Waals surface area contributed by atoms with Gasteiger partial charge in [-0.2, -0.15) is 5.26 Å². The normalized spacial score (nSPS) is 29.8. The van der Waals surface area contributed by atoms with E-state index in [1.807, 2.05) is 19.9 Å². The summed E-state index contributed by atoms with van der Waals surface area (Å²) in [5.41, 5.74) is -0.495. The summed E-state index contributed by atoms with van der Waals surface area (Å²) < 4.78 is 5.43. The molecule has 1 aliphatic carbocycles. The number of rotatable bonds is 1. The van der Waals surface area contributed by atoms with Crippen LogP contribution in [0.2, 0.25) is 0 Å². The smallest absolute Gasteiger partial charge is 0.251 e. The number of carbonyl (C=O) groups excluding carboxylic acids is 2. The third-order valence-electron chi connectivity index (χ3n) is 4.75. The Morgan fingerprint density at radius 3 is 2.76 bits per heavy atom. The van der Waals surface area contributed by atoms with Crippen molar-refractivity contribution >= 4 is 11.7 Å². The van der Waals surface area contributed by atoms with Crippen LogP contribution in [0, 0.1) is 22.2 Å². The van der Waals surface area contributed by atoms with Gasteiger partial charge in [-0.05, 0) is 19.3 Å². The largest absolute Gasteiger partial charge is 0.368 e. The molecule has 1 amide bonds. The van der Waals surface area contributed by atoms with E-state index in [1.165, 1.54) is 0 Å². The van der Waals surface area contributed by atoms with Crippen molar-refractivity contribution in [3.05, 3.63) is 11.6 Å². The lowest BCUT2D eigenvalue weighted by Crippen LogP contribution is -2.62. The van der Waals surface area contributed by atoms with Gasteiger partial charge in [0.05, 0.1) is 5.57 Å². The van der Waals surface area contributed by atoms with Crippen LogP contribution in [-0.4, -0.2) is 42.4 Å². The fraction of sp³-hybridized carbons (Fsp3) is 0.688. The fourth-order valence-corrected chi connectivity index (χ4v) is 3.88. The second-order valence-corrected chi connectivity index (χ2v) is 7.12. The maximum absolute atomic E-state index is 12.3. The van der Waals surface area contributed by atoms with Gasteiger partial charge in [0.1, 0.15) is 12.2 Å². The van der Waals surface area contributed by atoms with Gasteiger partial charge in [-0.15, -0.1) is 0 Å². The lowest BCUT2D eigenvalue weighted by atomic mass is 9.61. The predicted octanol–water partition coefficient (Wildman–Crippen LogP) is 1.44. The van der Waals surface area contributed by atoms with Crippen LogP contribution in [0.3, 0.4) is 0 Å². The SMILES string of the molecule is CC1(C)CC2(C=C(C#N)C1=O)CN(C(=O)C1CCCO1)C2. The third kappa shape index (κ3) is 2.28. The Labute approximate surface area is 124 Å². The minimum Gasteiger partial charge on any atom is -0.368 e. The average Bonchev–Trinajstić information content (AvgIpc) is 2.92. The topological polar surface area (TPSA) is 70.4 Å². The van der Waals surface area contributed by atoms with E-state index >= 15 is 0 Å². The molecule has 0 aromatic heterocycles. The first-order valence-electron chi connectivity index (χ1n) is 7.45. The zero-order valence-electron chi connectivity index (χ0n) is 12.5. The van der Waals surface area contributed by atoms with E-state index in [-0.39, 0.29) is 28.8 Å². The summed E-state index contributed by atoms with van der Waals surface area (Å²) in [4.78, 5) is 26.2. The molecular formula is C16H20N2O3. The molecule has 0 aromatic carbocycles. The minimum absolute atomic E-state index is 0.0553. The standard InChI is InChI=1S/C16H20N2O3/c1-15(2)8-16(6-11(7-17)13(15)19)9-18(10-16)14(20)12-4-3-5-21-12/h6,12H,3-5,8-10H2,1-2H3. The van der Waals surface area contributed by atoms with Gasteiger partial charge >= 0.3 is 0 Å². The lowest BCUT2D eigenvalue weighted by Gasteiger charge is -2.53. The van der Waals surface area contributed by atoms with Crippen molar-refractivity contribution in [3.8, 4) is 6.07 Å². The summed E-state index contributed by atoms with van der Waals surface area (Å²) in [5, 5.41) is 9.15. The number of nitrogens with zero attached hydrogens (tertiary/aromatic N) is 2. The zero-order valence-corrected chi connectivity index (χ0v) is 12.5. The number of hydrogen-bond donors (Lipinski definition) is 0. The number of nitriles is 1. The molecule has 0 aromatic rings. The van der Waals surface area contributed by atoms with E-state index in [2.05, 4.69) is 0 Å². The molecule has 2 heterocycles. The number of ether oxygens (including phenoxy) is 1. The molecule has 2 aliphatic heterocycles. The van der Waals surface area contributed by atoms with E-state index < -0.39 is 5.41 Å². The molecule has 0 bridgehead atoms. The summed E-state index contributed by atoms with van der Waals surface area (Å²) in [6, 6.07) is 2.02. The van der Waals surface area contributed by atoms with E-state index in [1.54, 1.807) is 11.0 Å². The number of carbonyl (C=O) groups is 2. The number of Topliss-reactive ketones (excluding diaryl/α,β-unsaturated/α-hetero) is 1. The Balaban J connectivity index is 1.74. The Morgan fingerprint density at radius 1 is 1.48 bits per heavy atom. The van der Waals surface area contributed by atoms with Crippen molar-refractivity contribution < 1.29 is 14.3 Å². The number of likely N-dealkylation sites (tertiary alicyclic amines) is 1. The van der Waals surface area contributed by atoms with E-state index in [0.717, 1.165) is 12.8 Å². The summed E-state index contributed by atoms with van der Waals surface area (Å²) in [6.07, 6.45) is 3.93. The van der Waals surface area contributed by atoms with E-state index in [0.29, 0.717) is 26.1 Å². The van der Waals surface area contributed by atoms with Gasteiger partial charge in [-0.1, -0.05) is 19.9 Å². The summed E-state index contributed by atoms with van der Waals surface area (Å²) >= 11 is 0. The van der Waals surface area contributed by atoms with Crippen LogP contribution in [0.25, 0.3) is 0 Å². The minimum atomic E-state index is -0.529. The highest BCUT2D eigenvalue weighted by Crippen LogP contribution is 2.48. The van der Waals surface area contributed by atoms with Crippen molar-refractivity contribution in [2.45, 2.75) is 39.2 Å². The Hall–Kier alpha value is -1.67. The van der Waals surface area contributed by atoms with Gasteiger partial charge in [0.15, 0.2) is 5.78 Å². The van der Waals surface area contributed by atoms with E-state index in [9.17, 15) is 9.59 Å². The van der Waals surface area contributed by atoms with Crippen LogP contribution in [-0.2, 0) is 14.3 Å². The Morgan fingerprint density at radius 2 is 2.19 bits per heavy atom. The molecule has 3 aliphatic rings. The predicted molar refractivity (Wildman–Crippen MR) is 75.1 cm³/mol. The van der Waals surface area contributed by atoms with Gasteiger partial charge in [0, 0.05) is 30.5 Å². The van der Waals surface area contributed by atoms with Crippen LogP contribution in [0.1, 0.15) is 33.1 Å². The Kier molecular flexibility index (Phi) is 3.18. The molecule has 1 atom stereocenters. The van der Waals surface area contributed by atoms with Crippen molar-refractivity contribution in [2.24, 2.45) is 10.8 Å². The molecule has 0 radical (unpaired) electrons. The van der Waals surface area contributed by atoms with Crippen LogP contribution in [0.15, 0.2) is 11.6 Å². The van der Waals surface area contributed by atoms with Gasteiger partial charge < -0.3 is 9.64 Å². The van der Waals surface area contributed by atoms with Gasteiger partial charge in [0.25, 0.3) is 5.91 Å². The average molecular weight is 288 g/mol. The third-order valence-corrected chi connectivity index (χ3v) is 4.75. The van der Waals surface area contributed by atoms with Gasteiger partial charge in [-0.3, -0.25) is 9.59 Å². The monoisotopic (exact) mass is 288 g/mol. The number of allylic oxidation sites excluding steroid dienone is 1. The first-order chi connectivity index (χ1) is 9.87. The van der Waals surface area contributed by atoms with Crippen LogP contribution >= 0.6 is 0 Å². The number of hydrogen-bond acceptors (Lipinski definition) is 4. The fourth-order valence-electron chi connectivity index (χ4n) is 3.88. The van der Waals surface area contributed by atoms with Crippen LogP contribution in [0.5, 0.6) is 0 Å². The molecule has 5 nitrogen and oxygen atoms in total. The second kappa shape index (κ2) is 4.67. The van der Waals surface area contributed by atoms with Crippen molar-refractivity contribution in [2.75, 3.05) is 19.7 Å². The molecule has 1 spiro atoms. The molecule has 21 heavy (non-hydrogen) atoms. The molecule has 112 valence electrons. The van der Waals surface area contributed by atoms with E-state index in [4.69, 9.17) is 10.00 Å². The van der Waals surface area contributed by atoms with Gasteiger partial charge in [-0.25, -0.2) is 0 Å². The molecular weight excluding hydrogens is 268 g/mol. The Bertz CT molecular complexity index is 559. The zero-order chi connectivity index (χ0) is 15.3. The van der Waals surface area contributed by atoms with Gasteiger partial charge in [0.2, 0.25) is 0 Å². The highest BCUT2D eigenvalue weighted by molar-refractivity contribution is 6.03. The highest BCUT2D eigenvalue weighted by atomic mass is 16.5. The molecule has 0 N–H and O–H groups in total. The number of amides is 1. The molecule has 0 saturated carbocycles. The van der Waals surface area contributed by atoms with Crippen LogP contribution in [0.4, 0.5) is 0 Å². The number of ketones is 1. The highest BCUT2D eigenvalue weighted by Gasteiger charge is 2.53. The second-order valence-electron chi connectivity index (χ2n) is 7.12. The molecule has 3 rings (SSSR count). The maximum atomic E-state index is 12.3. The van der Waals surface area contributed by atoms with Crippen LogP contribution < -0.4 is 0 Å². The molecule has 2 saturated heterocycles. The van der Waals surface area contributed by atoms with Crippen molar-refractivity contribution in [3.63, 3.8) is 0 Å². The summed E-state index contributed by atoms with van der Waals surface area (Å²) in [5.74, 6) is -0.0285. The molecule has 1 unspecified atom stereocenters. The first kappa shape index (κ1) is 14.3.